The van der Waals surface area contributed by atoms with E-state index in [-0.39, 0.29) is 33.0 Å². The zero-order valence-corrected chi connectivity index (χ0v) is 19.4. The van der Waals surface area contributed by atoms with E-state index in [1.807, 2.05) is 50.2 Å². The number of nitrogens with one attached hydrogen (secondary N) is 1. The maximum Gasteiger partial charge on any atom is 0.0291 e. The van der Waals surface area contributed by atoms with Gasteiger partial charge in [-0.25, -0.2) is 0 Å². The number of hydrogen-bond acceptors (Lipinski definition) is 2. The van der Waals surface area contributed by atoms with E-state index in [1.165, 1.54) is 11.1 Å². The molecule has 5 heteroatoms. The van der Waals surface area contributed by atoms with Crippen molar-refractivity contribution in [3.63, 3.8) is 0 Å². The largest absolute Gasteiger partial charge is 0.324 e. The third kappa shape index (κ3) is 15.5. The van der Waals surface area contributed by atoms with Crippen molar-refractivity contribution in [2.45, 2.75) is 39.8 Å². The summed E-state index contributed by atoms with van der Waals surface area (Å²) in [7, 11) is 0. The topological polar surface area (TPSA) is 38.0 Å². The second kappa shape index (κ2) is 19.9. The van der Waals surface area contributed by atoms with Crippen LogP contribution in [0, 0.1) is 0 Å². The lowest BCUT2D eigenvalue weighted by atomic mass is 10.1. The molecule has 144 valence electrons. The molecule has 25 heavy (non-hydrogen) atoms. The molecule has 0 spiro atoms. The van der Waals surface area contributed by atoms with Crippen LogP contribution in [0.4, 0.5) is 0 Å². The summed E-state index contributed by atoms with van der Waals surface area (Å²) in [5, 5.41) is 4.42. The molecule has 0 radical (unpaired) electrons. The zero-order chi connectivity index (χ0) is 17.5. The van der Waals surface area contributed by atoms with Crippen LogP contribution >= 0.6 is 42.9 Å². The highest BCUT2D eigenvalue weighted by Crippen LogP contribution is 2.10. The van der Waals surface area contributed by atoms with Crippen molar-refractivity contribution in [2.24, 2.45) is 5.73 Å². The van der Waals surface area contributed by atoms with Crippen LogP contribution in [0.1, 0.15) is 50.9 Å². The molecule has 2 aromatic carbocycles. The lowest BCUT2D eigenvalue weighted by molar-refractivity contribution is 0.598. The Morgan fingerprint density at radius 2 is 1.20 bits per heavy atom. The highest BCUT2D eigenvalue weighted by atomic mass is 79.9. The first-order chi connectivity index (χ1) is 11.1. The van der Waals surface area contributed by atoms with Gasteiger partial charge in [0.2, 0.25) is 0 Å². The highest BCUT2D eigenvalue weighted by Gasteiger charge is 1.99. The van der Waals surface area contributed by atoms with Crippen molar-refractivity contribution in [3.05, 3.63) is 71.8 Å². The van der Waals surface area contributed by atoms with Crippen molar-refractivity contribution in [3.8, 4) is 0 Å². The highest BCUT2D eigenvalue weighted by molar-refractivity contribution is 9.09. The summed E-state index contributed by atoms with van der Waals surface area (Å²) in [6.45, 7) is 9.35. The summed E-state index contributed by atoms with van der Waals surface area (Å²) in [5.74, 6) is 0. The van der Waals surface area contributed by atoms with Gasteiger partial charge in [0.1, 0.15) is 0 Å². The molecule has 0 aliphatic carbocycles. The molecule has 0 unspecified atom stereocenters. The monoisotopic (exact) mass is 446 g/mol. The molecule has 0 aromatic heterocycles. The quantitative estimate of drug-likeness (QED) is 0.591. The van der Waals surface area contributed by atoms with Crippen LogP contribution in [-0.2, 0) is 0 Å². The lowest BCUT2D eigenvalue weighted by Gasteiger charge is -2.11. The van der Waals surface area contributed by atoms with Crippen LogP contribution in [0.3, 0.4) is 0 Å². The predicted molar refractivity (Wildman–Crippen MR) is 128 cm³/mol. The number of nitrogens with two attached hydrogens (primary N) is 1. The Balaban J connectivity index is -0.000000317. The number of alkyl halides is 1. The minimum absolute atomic E-state index is 0. The van der Waals surface area contributed by atoms with E-state index in [4.69, 9.17) is 5.73 Å². The van der Waals surface area contributed by atoms with Gasteiger partial charge in [-0.2, -0.15) is 27.0 Å². The Morgan fingerprint density at radius 1 is 0.840 bits per heavy atom. The molecular formula is C20H35BrN2S2. The van der Waals surface area contributed by atoms with Gasteiger partial charge in [-0.05, 0) is 31.5 Å². The summed E-state index contributed by atoms with van der Waals surface area (Å²) in [5.41, 5.74) is 8.16. The Labute approximate surface area is 177 Å². The molecule has 2 aromatic rings. The molecule has 2 nitrogen and oxygen atoms in total. The molecule has 0 saturated carbocycles. The third-order valence-electron chi connectivity index (χ3n) is 3.14. The molecule has 0 amide bonds. The molecular weight excluding hydrogens is 412 g/mol. The zero-order valence-electron chi connectivity index (χ0n) is 15.8. The molecule has 0 fully saturated rings. The molecule has 0 saturated heterocycles. The molecule has 2 atom stereocenters. The summed E-state index contributed by atoms with van der Waals surface area (Å²) in [6.07, 6.45) is 0. The first-order valence-corrected chi connectivity index (χ1v) is 9.33. The maximum absolute atomic E-state index is 5.61. The minimum Gasteiger partial charge on any atom is -0.324 e. The third-order valence-corrected chi connectivity index (χ3v) is 3.14. The number of benzene rings is 2. The van der Waals surface area contributed by atoms with Crippen molar-refractivity contribution < 1.29 is 0 Å². The van der Waals surface area contributed by atoms with Gasteiger partial charge in [-0.15, -0.1) is 0 Å². The summed E-state index contributed by atoms with van der Waals surface area (Å²) in [4.78, 5) is 0. The van der Waals surface area contributed by atoms with Crippen molar-refractivity contribution in [2.75, 3.05) is 11.9 Å². The van der Waals surface area contributed by atoms with Crippen LogP contribution in [-0.4, -0.2) is 11.9 Å². The van der Waals surface area contributed by atoms with Crippen molar-refractivity contribution in [1.29, 1.82) is 0 Å². The van der Waals surface area contributed by atoms with Gasteiger partial charge >= 0.3 is 0 Å². The SMILES string of the molecule is CCBr.CCN[C@@H](C)c1ccccc1.C[C@H](N)c1ccccc1.S.S. The van der Waals surface area contributed by atoms with Crippen molar-refractivity contribution >= 4 is 42.9 Å². The molecule has 2 rings (SSSR count). The van der Waals surface area contributed by atoms with Crippen LogP contribution in [0.25, 0.3) is 0 Å². The van der Waals surface area contributed by atoms with Crippen LogP contribution in [0.5, 0.6) is 0 Å². The van der Waals surface area contributed by atoms with E-state index in [0.717, 1.165) is 11.9 Å². The van der Waals surface area contributed by atoms with E-state index >= 15 is 0 Å². The molecule has 0 heterocycles. The van der Waals surface area contributed by atoms with Crippen molar-refractivity contribution in [1.82, 2.24) is 5.32 Å². The Bertz CT molecular complexity index is 482. The average Bonchev–Trinajstić information content (AvgIpc) is 2.58. The summed E-state index contributed by atoms with van der Waals surface area (Å²) < 4.78 is 0. The van der Waals surface area contributed by atoms with E-state index in [2.05, 4.69) is 59.4 Å². The normalized spacial score (nSPS) is 11.1. The lowest BCUT2D eigenvalue weighted by Crippen LogP contribution is -2.17. The minimum atomic E-state index is 0. The van der Waals surface area contributed by atoms with Gasteiger partial charge in [0.25, 0.3) is 0 Å². The van der Waals surface area contributed by atoms with Gasteiger partial charge in [0, 0.05) is 17.4 Å². The second-order valence-corrected chi connectivity index (χ2v) is 6.28. The Morgan fingerprint density at radius 3 is 1.48 bits per heavy atom. The van der Waals surface area contributed by atoms with Gasteiger partial charge in [-0.1, -0.05) is 90.4 Å². The number of hydrogen-bond donors (Lipinski definition) is 2. The molecule has 0 aliphatic rings. The van der Waals surface area contributed by atoms with E-state index in [0.29, 0.717) is 6.04 Å². The first-order valence-electron chi connectivity index (χ1n) is 8.21. The van der Waals surface area contributed by atoms with Gasteiger partial charge in [0.05, 0.1) is 0 Å². The predicted octanol–water partition coefficient (Wildman–Crippen LogP) is 5.69. The smallest absolute Gasteiger partial charge is 0.0291 e. The van der Waals surface area contributed by atoms with Gasteiger partial charge in [0.15, 0.2) is 0 Å². The van der Waals surface area contributed by atoms with Gasteiger partial charge in [-0.3, -0.25) is 0 Å². The fourth-order valence-corrected chi connectivity index (χ4v) is 1.92. The first kappa shape index (κ1) is 29.3. The van der Waals surface area contributed by atoms with E-state index in [9.17, 15) is 0 Å². The number of rotatable bonds is 4. The molecule has 0 bridgehead atoms. The Kier molecular flexibility index (Phi) is 23.3. The number of halogens is 1. The Hall–Kier alpha value is -0.460. The average molecular weight is 448 g/mol. The fourth-order valence-electron chi connectivity index (χ4n) is 1.92. The van der Waals surface area contributed by atoms with E-state index < -0.39 is 0 Å². The van der Waals surface area contributed by atoms with Crippen LogP contribution < -0.4 is 11.1 Å². The summed E-state index contributed by atoms with van der Waals surface area (Å²) in [6, 6.07) is 21.2. The standard InChI is InChI=1S/C10H15N.C8H11N.C2H5Br.2H2S/c1-3-11-9(2)10-7-5-4-6-8-10;1-7(9)8-5-3-2-4-6-8;1-2-3;;/h4-9,11H,3H2,1-2H3;2-7H,9H2,1H3;2H2,1H3;2*1H2/t9-;7-;;;/m00.../s1. The van der Waals surface area contributed by atoms with Crippen LogP contribution in [0.15, 0.2) is 60.7 Å². The second-order valence-electron chi connectivity index (χ2n) is 5.16. The summed E-state index contributed by atoms with van der Waals surface area (Å²) >= 11 is 3.15. The van der Waals surface area contributed by atoms with Gasteiger partial charge < -0.3 is 11.1 Å². The molecule has 3 N–H and O–H groups in total. The van der Waals surface area contributed by atoms with Crippen LogP contribution in [0.2, 0.25) is 0 Å². The molecule has 0 aliphatic heterocycles. The maximum atomic E-state index is 5.61. The fraction of sp³-hybridized carbons (Fsp3) is 0.400. The van der Waals surface area contributed by atoms with E-state index in [1.54, 1.807) is 0 Å².